The molecule has 0 spiro atoms. The molecule has 72 valence electrons. The zero-order chi connectivity index (χ0) is 10.0. The van der Waals surface area contributed by atoms with Crippen LogP contribution in [0.4, 0.5) is 5.69 Å². The predicted octanol–water partition coefficient (Wildman–Crippen LogP) is -1.04. The van der Waals surface area contributed by atoms with Crippen LogP contribution in [0.2, 0.25) is 0 Å². The van der Waals surface area contributed by atoms with Crippen LogP contribution in [0.5, 0.6) is 5.75 Å². The minimum Gasteiger partial charge on any atom is -0.502 e. The lowest BCUT2D eigenvalue weighted by molar-refractivity contribution is 0.423. The molecule has 0 aliphatic rings. The van der Waals surface area contributed by atoms with Crippen molar-refractivity contribution in [2.45, 2.75) is 0 Å². The molecule has 0 unspecified atom stereocenters. The van der Waals surface area contributed by atoms with E-state index in [1.807, 2.05) is 19.0 Å². The summed E-state index contributed by atoms with van der Waals surface area (Å²) in [6.45, 7) is 1.27. The minimum absolute atomic E-state index is 0.0480. The summed E-state index contributed by atoms with van der Waals surface area (Å²) >= 11 is 0. The molecule has 0 aromatic heterocycles. The van der Waals surface area contributed by atoms with Gasteiger partial charge in [-0.1, -0.05) is 0 Å². The van der Waals surface area contributed by atoms with Gasteiger partial charge in [-0.25, -0.2) is 0 Å². The van der Waals surface area contributed by atoms with Crippen molar-refractivity contribution in [3.8, 4) is 5.75 Å². The highest BCUT2D eigenvalue weighted by Crippen LogP contribution is 2.13. The van der Waals surface area contributed by atoms with Crippen LogP contribution in [0.3, 0.4) is 0 Å². The van der Waals surface area contributed by atoms with Crippen molar-refractivity contribution in [1.29, 1.82) is 0 Å². The maximum atomic E-state index is 10.8. The van der Waals surface area contributed by atoms with Gasteiger partial charge in [0.05, 0.1) is 0 Å². The second-order valence-electron chi connectivity index (χ2n) is 3.11. The topological polar surface area (TPSA) is 69.6 Å². The molecule has 0 radical (unpaired) electrons. The van der Waals surface area contributed by atoms with Crippen molar-refractivity contribution in [3.05, 3.63) is 20.4 Å². The van der Waals surface area contributed by atoms with Gasteiger partial charge in [-0.3, -0.25) is 9.59 Å². The van der Waals surface area contributed by atoms with Crippen molar-refractivity contribution < 1.29 is 5.11 Å². The highest BCUT2D eigenvalue weighted by molar-refractivity contribution is 5.60. The van der Waals surface area contributed by atoms with Crippen LogP contribution >= 0.6 is 0 Å². The Morgan fingerprint density at radius 3 is 2.38 bits per heavy atom. The second kappa shape index (κ2) is 3.57. The Kier molecular flexibility index (Phi) is 2.67. The molecule has 2 N–H and O–H groups in total. The molecule has 5 heteroatoms. The third-order valence-electron chi connectivity index (χ3n) is 1.75. The van der Waals surface area contributed by atoms with E-state index in [-0.39, 0.29) is 5.69 Å². The third-order valence-corrected chi connectivity index (χ3v) is 1.75. The van der Waals surface area contributed by atoms with Crippen molar-refractivity contribution >= 4 is 5.69 Å². The fourth-order valence-corrected chi connectivity index (χ4v) is 0.948. The average molecular weight is 184 g/mol. The molecule has 0 heterocycles. The fraction of sp³-hybridized carbons (Fsp3) is 0.500. The molecule has 0 bridgehead atoms. The maximum absolute atomic E-state index is 10.8. The molecule has 0 saturated heterocycles. The smallest absolute Gasteiger partial charge is 0.271 e. The summed E-state index contributed by atoms with van der Waals surface area (Å²) in [4.78, 5) is 23.3. The standard InChI is InChI=1S/C8H12N2O3/c1-10(2)4-3-9-5-6(11)8(13)7(5)12/h9,11H,3-4H2,1-2H3. The second-order valence-corrected chi connectivity index (χ2v) is 3.11. The summed E-state index contributed by atoms with van der Waals surface area (Å²) < 4.78 is 0. The van der Waals surface area contributed by atoms with E-state index in [0.29, 0.717) is 6.54 Å². The van der Waals surface area contributed by atoms with Crippen LogP contribution in [0.25, 0.3) is 0 Å². The lowest BCUT2D eigenvalue weighted by atomic mass is 10.2. The molecule has 0 atom stereocenters. The van der Waals surface area contributed by atoms with Crippen LogP contribution in [0, 0.1) is 0 Å². The van der Waals surface area contributed by atoms with E-state index in [1.54, 1.807) is 0 Å². The predicted molar refractivity (Wildman–Crippen MR) is 50.1 cm³/mol. The van der Waals surface area contributed by atoms with Gasteiger partial charge in [0.15, 0.2) is 5.75 Å². The molecule has 0 saturated carbocycles. The monoisotopic (exact) mass is 184 g/mol. The molecule has 0 fully saturated rings. The summed E-state index contributed by atoms with van der Waals surface area (Å²) in [5.74, 6) is -0.441. The normalized spacial score (nSPS) is 11.0. The molecule has 0 aliphatic carbocycles. The maximum Gasteiger partial charge on any atom is 0.271 e. The van der Waals surface area contributed by atoms with E-state index in [2.05, 4.69) is 5.32 Å². The van der Waals surface area contributed by atoms with Gasteiger partial charge in [0.1, 0.15) is 5.69 Å². The van der Waals surface area contributed by atoms with Crippen molar-refractivity contribution in [3.63, 3.8) is 0 Å². The Morgan fingerprint density at radius 2 is 1.92 bits per heavy atom. The Balaban J connectivity index is 2.48. The van der Waals surface area contributed by atoms with Crippen LogP contribution in [-0.2, 0) is 0 Å². The van der Waals surface area contributed by atoms with Crippen LogP contribution < -0.4 is 16.2 Å². The molecule has 1 aromatic rings. The largest absolute Gasteiger partial charge is 0.502 e. The highest BCUT2D eigenvalue weighted by Gasteiger charge is 2.18. The van der Waals surface area contributed by atoms with E-state index >= 15 is 0 Å². The number of anilines is 1. The molecule has 13 heavy (non-hydrogen) atoms. The molecule has 0 aliphatic heterocycles. The first-order valence-corrected chi connectivity index (χ1v) is 3.95. The summed E-state index contributed by atoms with van der Waals surface area (Å²) in [7, 11) is 3.79. The van der Waals surface area contributed by atoms with E-state index in [0.717, 1.165) is 6.54 Å². The summed E-state index contributed by atoms with van der Waals surface area (Å²) in [6.07, 6.45) is 0. The van der Waals surface area contributed by atoms with E-state index < -0.39 is 16.6 Å². The van der Waals surface area contributed by atoms with E-state index in [1.165, 1.54) is 0 Å². The lowest BCUT2D eigenvalue weighted by Gasteiger charge is -2.12. The quantitative estimate of drug-likeness (QED) is 0.585. The zero-order valence-electron chi connectivity index (χ0n) is 7.63. The number of hydrogen-bond donors (Lipinski definition) is 2. The van der Waals surface area contributed by atoms with Gasteiger partial charge in [0.2, 0.25) is 0 Å². The number of aromatic hydroxyl groups is 1. The van der Waals surface area contributed by atoms with Crippen LogP contribution in [-0.4, -0.2) is 37.2 Å². The fourth-order valence-electron chi connectivity index (χ4n) is 0.948. The van der Waals surface area contributed by atoms with Crippen molar-refractivity contribution in [1.82, 2.24) is 4.90 Å². The summed E-state index contributed by atoms with van der Waals surface area (Å²) in [5.41, 5.74) is -1.38. The van der Waals surface area contributed by atoms with Gasteiger partial charge in [-0.15, -0.1) is 0 Å². The molecular weight excluding hydrogens is 172 g/mol. The van der Waals surface area contributed by atoms with Gasteiger partial charge in [-0.2, -0.15) is 0 Å². The van der Waals surface area contributed by atoms with Crippen LogP contribution in [0.1, 0.15) is 0 Å². The number of nitrogens with one attached hydrogen (secondary N) is 1. The molecule has 1 aromatic carbocycles. The Labute approximate surface area is 75.3 Å². The van der Waals surface area contributed by atoms with Gasteiger partial charge in [-0.05, 0) is 14.1 Å². The van der Waals surface area contributed by atoms with Crippen molar-refractivity contribution in [2.75, 3.05) is 32.5 Å². The lowest BCUT2D eigenvalue weighted by Crippen LogP contribution is -2.35. The zero-order valence-corrected chi connectivity index (χ0v) is 7.63. The summed E-state index contributed by atoms with van der Waals surface area (Å²) in [5, 5.41) is 11.6. The number of nitrogens with zero attached hydrogens (tertiary/aromatic N) is 1. The summed E-state index contributed by atoms with van der Waals surface area (Å²) in [6, 6.07) is 0. The van der Waals surface area contributed by atoms with E-state index in [9.17, 15) is 9.59 Å². The molecule has 1 rings (SSSR count). The number of hydrogen-bond acceptors (Lipinski definition) is 5. The van der Waals surface area contributed by atoms with Gasteiger partial charge >= 0.3 is 0 Å². The highest BCUT2D eigenvalue weighted by atomic mass is 16.3. The SMILES string of the molecule is CN(C)CCNc1c(O)c(=O)c1=O. The molecular formula is C8H12N2O3. The van der Waals surface area contributed by atoms with Crippen molar-refractivity contribution in [2.24, 2.45) is 0 Å². The van der Waals surface area contributed by atoms with E-state index in [4.69, 9.17) is 5.11 Å². The van der Waals surface area contributed by atoms with Crippen LogP contribution in [0.15, 0.2) is 9.59 Å². The Morgan fingerprint density at radius 1 is 1.31 bits per heavy atom. The number of likely N-dealkylation sites (N-methyl/N-ethyl adjacent to an activating group) is 1. The third kappa shape index (κ3) is 1.86. The first-order valence-electron chi connectivity index (χ1n) is 3.95. The van der Waals surface area contributed by atoms with Gasteiger partial charge in [0, 0.05) is 13.1 Å². The Hall–Kier alpha value is -1.36. The number of rotatable bonds is 4. The average Bonchev–Trinajstić information content (AvgIpc) is 2.10. The van der Waals surface area contributed by atoms with Gasteiger partial charge < -0.3 is 15.3 Å². The molecule has 5 nitrogen and oxygen atoms in total. The minimum atomic E-state index is -0.799. The first-order chi connectivity index (χ1) is 6.04. The Bertz CT molecular complexity index is 363. The molecule has 0 amide bonds. The first kappa shape index (κ1) is 9.73. The van der Waals surface area contributed by atoms with Gasteiger partial charge in [0.25, 0.3) is 10.9 Å².